The van der Waals surface area contributed by atoms with E-state index < -0.39 is 10.0 Å². The summed E-state index contributed by atoms with van der Waals surface area (Å²) in [5, 5.41) is 7.33. The summed E-state index contributed by atoms with van der Waals surface area (Å²) in [6.07, 6.45) is 0.349. The van der Waals surface area contributed by atoms with E-state index in [2.05, 4.69) is 25.1 Å². The summed E-state index contributed by atoms with van der Waals surface area (Å²) >= 11 is 0. The van der Waals surface area contributed by atoms with E-state index in [0.29, 0.717) is 18.1 Å². The summed E-state index contributed by atoms with van der Waals surface area (Å²) in [4.78, 5) is 6.82. The number of rotatable bonds is 6. The second kappa shape index (κ2) is 7.61. The van der Waals surface area contributed by atoms with Crippen LogP contribution in [0.1, 0.15) is 23.3 Å². The highest BCUT2D eigenvalue weighted by atomic mass is 32.2. The summed E-state index contributed by atoms with van der Waals surface area (Å²) in [6, 6.07) is 6.81. The van der Waals surface area contributed by atoms with Gasteiger partial charge in [-0.25, -0.2) is 13.1 Å². The number of hydrogen-bond donors (Lipinski definition) is 2. The molecule has 2 heterocycles. The maximum Gasteiger partial charge on any atom is 0.240 e. The van der Waals surface area contributed by atoms with Crippen LogP contribution in [0.5, 0.6) is 0 Å². The second-order valence-electron chi connectivity index (χ2n) is 6.21. The van der Waals surface area contributed by atoms with Gasteiger partial charge in [0.05, 0.1) is 10.9 Å². The van der Waals surface area contributed by atoms with E-state index in [1.807, 2.05) is 14.0 Å². The standard InChI is InChI=1S/C16H23N5O3S/c1-12-3-5-13(6-4-12)25(22,23)18-8-7-15-19-16(20-24-15)14-11-17-9-10-21(14)2/h3-6,14,17-18H,7-11H2,1-2H3. The lowest BCUT2D eigenvalue weighted by Crippen LogP contribution is -2.44. The molecule has 0 spiro atoms. The highest BCUT2D eigenvalue weighted by molar-refractivity contribution is 7.89. The predicted molar refractivity (Wildman–Crippen MR) is 92.6 cm³/mol. The van der Waals surface area contributed by atoms with E-state index in [1.165, 1.54) is 0 Å². The van der Waals surface area contributed by atoms with Gasteiger partial charge in [0.2, 0.25) is 15.9 Å². The van der Waals surface area contributed by atoms with Crippen molar-refractivity contribution in [3.63, 3.8) is 0 Å². The number of nitrogens with zero attached hydrogens (tertiary/aromatic N) is 3. The van der Waals surface area contributed by atoms with E-state index in [4.69, 9.17) is 4.52 Å². The molecule has 1 aliphatic rings. The van der Waals surface area contributed by atoms with Gasteiger partial charge in [-0.15, -0.1) is 0 Å². The first-order chi connectivity index (χ1) is 12.0. The fourth-order valence-corrected chi connectivity index (χ4v) is 3.72. The fraction of sp³-hybridized carbons (Fsp3) is 0.500. The Labute approximate surface area is 147 Å². The molecule has 1 aromatic heterocycles. The molecule has 2 N–H and O–H groups in total. The van der Waals surface area contributed by atoms with Crippen LogP contribution >= 0.6 is 0 Å². The number of piperazine rings is 1. The minimum atomic E-state index is -3.53. The SMILES string of the molecule is Cc1ccc(S(=O)(=O)NCCc2nc(C3CNCCN3C)no2)cc1. The largest absolute Gasteiger partial charge is 0.339 e. The van der Waals surface area contributed by atoms with Crippen LogP contribution in [0.25, 0.3) is 0 Å². The lowest BCUT2D eigenvalue weighted by atomic mass is 10.2. The van der Waals surface area contributed by atoms with Crippen molar-refractivity contribution in [2.45, 2.75) is 24.3 Å². The molecule has 0 amide bonds. The smallest absolute Gasteiger partial charge is 0.240 e. The monoisotopic (exact) mass is 365 g/mol. The Hall–Kier alpha value is -1.81. The summed E-state index contributed by atoms with van der Waals surface area (Å²) < 4.78 is 32.3. The minimum absolute atomic E-state index is 0.0792. The highest BCUT2D eigenvalue weighted by Gasteiger charge is 2.25. The van der Waals surface area contributed by atoms with E-state index in [1.54, 1.807) is 24.3 Å². The summed E-state index contributed by atoms with van der Waals surface area (Å²) in [6.45, 7) is 4.76. The molecule has 3 rings (SSSR count). The zero-order valence-electron chi connectivity index (χ0n) is 14.4. The molecule has 2 aromatic rings. The molecular formula is C16H23N5O3S. The molecule has 25 heavy (non-hydrogen) atoms. The average Bonchev–Trinajstić information content (AvgIpc) is 3.04. The van der Waals surface area contributed by atoms with Crippen molar-refractivity contribution in [3.8, 4) is 0 Å². The van der Waals surface area contributed by atoms with Crippen LogP contribution in [0, 0.1) is 6.92 Å². The molecule has 1 fully saturated rings. The average molecular weight is 365 g/mol. The maximum absolute atomic E-state index is 12.2. The molecular weight excluding hydrogens is 342 g/mol. The van der Waals surface area contributed by atoms with Crippen LogP contribution in [-0.2, 0) is 16.4 Å². The van der Waals surface area contributed by atoms with E-state index in [0.717, 1.165) is 25.2 Å². The molecule has 0 bridgehead atoms. The summed E-state index contributed by atoms with van der Waals surface area (Å²) in [5.41, 5.74) is 1.01. The second-order valence-corrected chi connectivity index (χ2v) is 7.97. The zero-order chi connectivity index (χ0) is 17.9. The van der Waals surface area contributed by atoms with Gasteiger partial charge in [-0.3, -0.25) is 4.90 Å². The van der Waals surface area contributed by atoms with Gasteiger partial charge in [0, 0.05) is 32.6 Å². The molecule has 1 unspecified atom stereocenters. The quantitative estimate of drug-likeness (QED) is 0.768. The lowest BCUT2D eigenvalue weighted by molar-refractivity contribution is 0.190. The van der Waals surface area contributed by atoms with Crippen molar-refractivity contribution in [1.82, 2.24) is 25.1 Å². The number of hydrogen-bond acceptors (Lipinski definition) is 7. The number of aromatic nitrogens is 2. The molecule has 1 atom stereocenters. The Morgan fingerprint density at radius 3 is 2.84 bits per heavy atom. The van der Waals surface area contributed by atoms with Crippen LogP contribution in [0.4, 0.5) is 0 Å². The Bertz CT molecular complexity index is 803. The van der Waals surface area contributed by atoms with Crippen LogP contribution in [0.2, 0.25) is 0 Å². The number of likely N-dealkylation sites (N-methyl/N-ethyl adjacent to an activating group) is 1. The van der Waals surface area contributed by atoms with Gasteiger partial charge in [-0.2, -0.15) is 4.98 Å². The first-order valence-electron chi connectivity index (χ1n) is 8.25. The first-order valence-corrected chi connectivity index (χ1v) is 9.74. The summed E-state index contributed by atoms with van der Waals surface area (Å²) in [7, 11) is -1.50. The van der Waals surface area contributed by atoms with Gasteiger partial charge >= 0.3 is 0 Å². The van der Waals surface area contributed by atoms with E-state index >= 15 is 0 Å². The molecule has 0 aliphatic carbocycles. The summed E-state index contributed by atoms with van der Waals surface area (Å²) in [5.74, 6) is 1.06. The van der Waals surface area contributed by atoms with Crippen molar-refractivity contribution in [1.29, 1.82) is 0 Å². The number of nitrogens with one attached hydrogen (secondary N) is 2. The molecule has 1 aromatic carbocycles. The van der Waals surface area contributed by atoms with Crippen molar-refractivity contribution >= 4 is 10.0 Å². The van der Waals surface area contributed by atoms with Gasteiger partial charge in [0.15, 0.2) is 5.82 Å². The normalized spacial score (nSPS) is 19.2. The number of benzene rings is 1. The van der Waals surface area contributed by atoms with Crippen LogP contribution in [0.15, 0.2) is 33.7 Å². The van der Waals surface area contributed by atoms with Gasteiger partial charge < -0.3 is 9.84 Å². The fourth-order valence-electron chi connectivity index (χ4n) is 2.69. The molecule has 1 aliphatic heterocycles. The van der Waals surface area contributed by atoms with Crippen molar-refractivity contribution in [2.75, 3.05) is 33.2 Å². The third-order valence-electron chi connectivity index (χ3n) is 4.26. The van der Waals surface area contributed by atoms with Crippen molar-refractivity contribution in [3.05, 3.63) is 41.5 Å². The molecule has 1 saturated heterocycles. The predicted octanol–water partition coefficient (Wildman–Crippen LogP) is 0.475. The zero-order valence-corrected chi connectivity index (χ0v) is 15.2. The number of aryl methyl sites for hydroxylation is 1. The molecule has 0 saturated carbocycles. The topological polar surface area (TPSA) is 100 Å². The maximum atomic E-state index is 12.2. The highest BCUT2D eigenvalue weighted by Crippen LogP contribution is 2.17. The van der Waals surface area contributed by atoms with E-state index in [9.17, 15) is 8.42 Å². The Balaban J connectivity index is 1.56. The van der Waals surface area contributed by atoms with Crippen LogP contribution in [-0.4, -0.2) is 56.7 Å². The minimum Gasteiger partial charge on any atom is -0.339 e. The number of sulfonamides is 1. The van der Waals surface area contributed by atoms with Crippen molar-refractivity contribution < 1.29 is 12.9 Å². The third kappa shape index (κ3) is 4.43. The molecule has 8 nitrogen and oxygen atoms in total. The van der Waals surface area contributed by atoms with Crippen molar-refractivity contribution in [2.24, 2.45) is 0 Å². The van der Waals surface area contributed by atoms with Gasteiger partial charge in [-0.1, -0.05) is 22.9 Å². The van der Waals surface area contributed by atoms with Crippen LogP contribution in [0.3, 0.4) is 0 Å². The van der Waals surface area contributed by atoms with Gasteiger partial charge in [0.1, 0.15) is 0 Å². The first kappa shape index (κ1) is 18.0. The third-order valence-corrected chi connectivity index (χ3v) is 5.73. The van der Waals surface area contributed by atoms with E-state index in [-0.39, 0.29) is 17.5 Å². The van der Waals surface area contributed by atoms with Gasteiger partial charge in [0.25, 0.3) is 0 Å². The molecule has 0 radical (unpaired) electrons. The lowest BCUT2D eigenvalue weighted by Gasteiger charge is -2.30. The Kier molecular flexibility index (Phi) is 5.48. The Morgan fingerprint density at radius 2 is 2.12 bits per heavy atom. The molecule has 136 valence electrons. The molecule has 9 heteroatoms. The van der Waals surface area contributed by atoms with Gasteiger partial charge in [-0.05, 0) is 26.1 Å². The Morgan fingerprint density at radius 1 is 1.36 bits per heavy atom. The van der Waals surface area contributed by atoms with Crippen LogP contribution < -0.4 is 10.0 Å².